The second-order valence-electron chi connectivity index (χ2n) is 6.20. The summed E-state index contributed by atoms with van der Waals surface area (Å²) in [6.07, 6.45) is 1.51. The average molecular weight is 390 g/mol. The zero-order valence-electron chi connectivity index (χ0n) is 16.2. The molecule has 0 aliphatic heterocycles. The van der Waals surface area contributed by atoms with Crippen LogP contribution in [0.1, 0.15) is 24.2 Å². The van der Waals surface area contributed by atoms with Crippen molar-refractivity contribution < 1.29 is 14.3 Å². The fourth-order valence-electron chi connectivity index (χ4n) is 2.63. The Bertz CT molecular complexity index is 986. The average Bonchev–Trinajstić information content (AvgIpc) is 2.71. The van der Waals surface area contributed by atoms with Gasteiger partial charge in [-0.3, -0.25) is 9.59 Å². The Morgan fingerprint density at radius 2 is 1.62 bits per heavy atom. The van der Waals surface area contributed by atoms with Crippen molar-refractivity contribution >= 4 is 34.7 Å². The summed E-state index contributed by atoms with van der Waals surface area (Å²) in [5, 5.41) is 8.67. The van der Waals surface area contributed by atoms with Crippen LogP contribution in [-0.4, -0.2) is 23.4 Å². The van der Waals surface area contributed by atoms with Crippen LogP contribution in [-0.2, 0) is 4.79 Å². The molecule has 0 bridgehead atoms. The van der Waals surface area contributed by atoms with Gasteiger partial charge in [0.2, 0.25) is 5.91 Å². The molecule has 29 heavy (non-hydrogen) atoms. The highest BCUT2D eigenvalue weighted by Crippen LogP contribution is 2.26. The number of nitrogens with zero attached hydrogens (tertiary/aromatic N) is 1. The molecule has 0 unspecified atom stereocenters. The lowest BCUT2D eigenvalue weighted by Crippen LogP contribution is -2.12. The van der Waals surface area contributed by atoms with E-state index in [0.29, 0.717) is 29.4 Å². The van der Waals surface area contributed by atoms with E-state index in [9.17, 15) is 9.59 Å². The fourth-order valence-corrected chi connectivity index (χ4v) is 2.63. The Morgan fingerprint density at radius 1 is 0.931 bits per heavy atom. The molecule has 0 aliphatic carbocycles. The van der Waals surface area contributed by atoms with Crippen LogP contribution in [0.2, 0.25) is 0 Å². The molecule has 7 heteroatoms. The summed E-state index contributed by atoms with van der Waals surface area (Å²) in [6, 6.07) is 17.9. The van der Waals surface area contributed by atoms with Gasteiger partial charge in [0.05, 0.1) is 17.9 Å². The van der Waals surface area contributed by atoms with Crippen LogP contribution in [0.15, 0.2) is 66.9 Å². The maximum atomic E-state index is 12.4. The molecule has 1 aromatic heterocycles. The first-order valence-electron chi connectivity index (χ1n) is 9.19. The van der Waals surface area contributed by atoms with E-state index >= 15 is 0 Å². The lowest BCUT2D eigenvalue weighted by molar-refractivity contribution is -0.114. The molecule has 148 valence electrons. The quantitative estimate of drug-likeness (QED) is 0.555. The van der Waals surface area contributed by atoms with Crippen molar-refractivity contribution in [3.8, 4) is 5.75 Å². The fraction of sp³-hybridized carbons (Fsp3) is 0.136. The number of rotatable bonds is 7. The standard InChI is InChI=1S/C22H22N4O3/c1-3-29-20-7-5-4-6-19(20)26-21-13-8-16(14-23-21)22(28)25-18-11-9-17(10-12-18)24-15(2)27/h4-14H,3H2,1-2H3,(H,23,26)(H,24,27)(H,25,28). The third-order valence-electron chi connectivity index (χ3n) is 3.94. The summed E-state index contributed by atoms with van der Waals surface area (Å²) in [5.74, 6) is 0.922. The van der Waals surface area contributed by atoms with E-state index in [0.717, 1.165) is 11.4 Å². The molecule has 0 saturated heterocycles. The molecule has 7 nitrogen and oxygen atoms in total. The molecule has 2 amide bonds. The molecular formula is C22H22N4O3. The van der Waals surface area contributed by atoms with E-state index < -0.39 is 0 Å². The second-order valence-corrected chi connectivity index (χ2v) is 6.20. The van der Waals surface area contributed by atoms with Crippen molar-refractivity contribution in [2.24, 2.45) is 0 Å². The van der Waals surface area contributed by atoms with Crippen LogP contribution in [0, 0.1) is 0 Å². The van der Waals surface area contributed by atoms with Crippen molar-refractivity contribution in [1.29, 1.82) is 0 Å². The summed E-state index contributed by atoms with van der Waals surface area (Å²) in [7, 11) is 0. The molecule has 3 aromatic rings. The molecule has 0 saturated carbocycles. The Balaban J connectivity index is 1.64. The first-order valence-corrected chi connectivity index (χ1v) is 9.19. The molecule has 0 spiro atoms. The van der Waals surface area contributed by atoms with E-state index in [1.807, 2.05) is 31.2 Å². The first kappa shape index (κ1) is 19.9. The van der Waals surface area contributed by atoms with E-state index in [1.165, 1.54) is 13.1 Å². The molecule has 0 atom stereocenters. The van der Waals surface area contributed by atoms with Crippen molar-refractivity contribution in [3.05, 3.63) is 72.4 Å². The Hall–Kier alpha value is -3.87. The maximum absolute atomic E-state index is 12.4. The van der Waals surface area contributed by atoms with Crippen LogP contribution < -0.4 is 20.7 Å². The number of pyridine rings is 1. The van der Waals surface area contributed by atoms with Gasteiger partial charge >= 0.3 is 0 Å². The Morgan fingerprint density at radius 3 is 2.24 bits per heavy atom. The zero-order chi connectivity index (χ0) is 20.6. The minimum absolute atomic E-state index is 0.148. The predicted octanol–water partition coefficient (Wildman–Crippen LogP) is 4.43. The molecule has 0 radical (unpaired) electrons. The minimum Gasteiger partial charge on any atom is -0.492 e. The van der Waals surface area contributed by atoms with Gasteiger partial charge in [0.1, 0.15) is 11.6 Å². The molecule has 1 heterocycles. The summed E-state index contributed by atoms with van der Waals surface area (Å²) < 4.78 is 5.59. The van der Waals surface area contributed by atoms with Crippen molar-refractivity contribution in [2.75, 3.05) is 22.6 Å². The number of hydrogen-bond acceptors (Lipinski definition) is 5. The number of para-hydroxylation sites is 2. The number of benzene rings is 2. The third kappa shape index (κ3) is 5.55. The van der Waals surface area contributed by atoms with Crippen molar-refractivity contribution in [1.82, 2.24) is 4.98 Å². The maximum Gasteiger partial charge on any atom is 0.257 e. The van der Waals surface area contributed by atoms with E-state index in [4.69, 9.17) is 4.74 Å². The summed E-state index contributed by atoms with van der Waals surface area (Å²) in [5.41, 5.74) is 2.52. The summed E-state index contributed by atoms with van der Waals surface area (Å²) >= 11 is 0. The number of amides is 2. The number of nitrogens with one attached hydrogen (secondary N) is 3. The van der Waals surface area contributed by atoms with Crippen LogP contribution in [0.5, 0.6) is 5.75 Å². The number of ether oxygens (including phenoxy) is 1. The molecule has 0 fully saturated rings. The van der Waals surface area contributed by atoms with Crippen LogP contribution in [0.3, 0.4) is 0 Å². The highest BCUT2D eigenvalue weighted by atomic mass is 16.5. The van der Waals surface area contributed by atoms with Gasteiger partial charge in [-0.05, 0) is 55.5 Å². The Labute approximate surface area is 169 Å². The van der Waals surface area contributed by atoms with Gasteiger partial charge in [-0.1, -0.05) is 12.1 Å². The minimum atomic E-state index is -0.272. The number of aromatic nitrogens is 1. The number of anilines is 4. The molecule has 2 aromatic carbocycles. The SMILES string of the molecule is CCOc1ccccc1Nc1ccc(C(=O)Nc2ccc(NC(C)=O)cc2)cn1. The Kier molecular flexibility index (Phi) is 6.42. The smallest absolute Gasteiger partial charge is 0.257 e. The van der Waals surface area contributed by atoms with Crippen LogP contribution >= 0.6 is 0 Å². The summed E-state index contributed by atoms with van der Waals surface area (Å²) in [4.78, 5) is 27.8. The van der Waals surface area contributed by atoms with E-state index in [-0.39, 0.29) is 11.8 Å². The van der Waals surface area contributed by atoms with E-state index in [2.05, 4.69) is 20.9 Å². The van der Waals surface area contributed by atoms with Gasteiger partial charge < -0.3 is 20.7 Å². The second kappa shape index (κ2) is 9.36. The van der Waals surface area contributed by atoms with Crippen LogP contribution in [0.4, 0.5) is 22.9 Å². The van der Waals surface area contributed by atoms with Gasteiger partial charge in [0.15, 0.2) is 0 Å². The lowest BCUT2D eigenvalue weighted by Gasteiger charge is -2.12. The van der Waals surface area contributed by atoms with Crippen LogP contribution in [0.25, 0.3) is 0 Å². The number of hydrogen-bond donors (Lipinski definition) is 3. The molecule has 3 N–H and O–H groups in total. The van der Waals surface area contributed by atoms with Crippen molar-refractivity contribution in [3.63, 3.8) is 0 Å². The van der Waals surface area contributed by atoms with Gasteiger partial charge in [0.25, 0.3) is 5.91 Å². The topological polar surface area (TPSA) is 92.4 Å². The predicted molar refractivity (Wildman–Crippen MR) is 114 cm³/mol. The first-order chi connectivity index (χ1) is 14.0. The van der Waals surface area contributed by atoms with Gasteiger partial charge in [0, 0.05) is 24.5 Å². The van der Waals surface area contributed by atoms with Gasteiger partial charge in [-0.25, -0.2) is 4.98 Å². The zero-order valence-corrected chi connectivity index (χ0v) is 16.2. The molecular weight excluding hydrogens is 368 g/mol. The van der Waals surface area contributed by atoms with Crippen molar-refractivity contribution in [2.45, 2.75) is 13.8 Å². The van der Waals surface area contributed by atoms with E-state index in [1.54, 1.807) is 36.4 Å². The highest BCUT2D eigenvalue weighted by Gasteiger charge is 2.08. The largest absolute Gasteiger partial charge is 0.492 e. The monoisotopic (exact) mass is 390 g/mol. The lowest BCUT2D eigenvalue weighted by atomic mass is 10.2. The third-order valence-corrected chi connectivity index (χ3v) is 3.94. The number of carbonyl (C=O) groups is 2. The van der Waals surface area contributed by atoms with Gasteiger partial charge in [-0.15, -0.1) is 0 Å². The molecule has 0 aliphatic rings. The molecule has 3 rings (SSSR count). The van der Waals surface area contributed by atoms with Gasteiger partial charge in [-0.2, -0.15) is 0 Å². The summed E-state index contributed by atoms with van der Waals surface area (Å²) in [6.45, 7) is 3.93. The normalized spacial score (nSPS) is 10.1. The number of carbonyl (C=O) groups excluding carboxylic acids is 2. The highest BCUT2D eigenvalue weighted by molar-refractivity contribution is 6.04.